The maximum Gasteiger partial charge on any atom is 0.268 e. The minimum absolute atomic E-state index is 0.261. The average Bonchev–Trinajstić information content (AvgIpc) is 2.75. The molecule has 0 aliphatic heterocycles. The summed E-state index contributed by atoms with van der Waals surface area (Å²) >= 11 is 0. The van der Waals surface area contributed by atoms with Crippen molar-refractivity contribution in [2.45, 2.75) is 13.3 Å². The Labute approximate surface area is 170 Å². The molecular formula is C24H24N2O3. The van der Waals surface area contributed by atoms with Crippen LogP contribution < -0.4 is 15.6 Å². The van der Waals surface area contributed by atoms with E-state index in [1.165, 1.54) is 10.6 Å². The molecule has 1 heterocycles. The number of nitrogens with zero attached hydrogens (tertiary/aromatic N) is 1. The van der Waals surface area contributed by atoms with Crippen molar-refractivity contribution in [1.29, 1.82) is 0 Å². The summed E-state index contributed by atoms with van der Waals surface area (Å²) in [5.41, 5.74) is 1.95. The molecule has 3 rings (SSSR count). The van der Waals surface area contributed by atoms with Crippen LogP contribution in [0.3, 0.4) is 0 Å². The van der Waals surface area contributed by atoms with Crippen molar-refractivity contribution in [3.05, 3.63) is 100 Å². The van der Waals surface area contributed by atoms with Gasteiger partial charge in [0.1, 0.15) is 11.4 Å². The van der Waals surface area contributed by atoms with Crippen LogP contribution in [-0.2, 0) is 11.2 Å². The van der Waals surface area contributed by atoms with Gasteiger partial charge in [-0.05, 0) is 48.7 Å². The molecule has 148 valence electrons. The van der Waals surface area contributed by atoms with E-state index >= 15 is 0 Å². The fraction of sp³-hybridized carbons (Fsp3) is 0.167. The van der Waals surface area contributed by atoms with E-state index in [1.807, 2.05) is 61.5 Å². The van der Waals surface area contributed by atoms with Crippen molar-refractivity contribution in [3.63, 3.8) is 0 Å². The Morgan fingerprint density at radius 2 is 1.72 bits per heavy atom. The molecule has 29 heavy (non-hydrogen) atoms. The Morgan fingerprint density at radius 1 is 1.00 bits per heavy atom. The van der Waals surface area contributed by atoms with E-state index in [0.717, 1.165) is 16.9 Å². The molecule has 1 amide bonds. The third-order valence-corrected chi connectivity index (χ3v) is 4.35. The van der Waals surface area contributed by atoms with E-state index in [0.29, 0.717) is 19.6 Å². The number of rotatable bonds is 8. The zero-order valence-corrected chi connectivity index (χ0v) is 16.4. The van der Waals surface area contributed by atoms with Crippen molar-refractivity contribution >= 4 is 17.7 Å². The van der Waals surface area contributed by atoms with Gasteiger partial charge >= 0.3 is 0 Å². The predicted molar refractivity (Wildman–Crippen MR) is 116 cm³/mol. The topological polar surface area (TPSA) is 60.3 Å². The van der Waals surface area contributed by atoms with Gasteiger partial charge in [-0.15, -0.1) is 0 Å². The lowest BCUT2D eigenvalue weighted by Gasteiger charge is -2.12. The standard InChI is InChI=1S/C24H24N2O3/c1-2-29-21-13-11-20(12-14-21)18-22(26-17-7-6-10-23(26)27)24(28)25-16-15-19-8-4-3-5-9-19/h3-14,17-18H,2,15-16H2,1H3,(H,25,28). The fourth-order valence-corrected chi connectivity index (χ4v) is 2.91. The molecule has 1 aromatic heterocycles. The normalized spacial score (nSPS) is 11.1. The molecule has 0 fully saturated rings. The second-order valence-corrected chi connectivity index (χ2v) is 6.43. The van der Waals surface area contributed by atoms with Crippen molar-refractivity contribution in [3.8, 4) is 5.75 Å². The highest BCUT2D eigenvalue weighted by Gasteiger charge is 2.13. The zero-order chi connectivity index (χ0) is 20.5. The van der Waals surface area contributed by atoms with Crippen molar-refractivity contribution in [2.24, 2.45) is 0 Å². The highest BCUT2D eigenvalue weighted by atomic mass is 16.5. The first-order valence-corrected chi connectivity index (χ1v) is 9.62. The summed E-state index contributed by atoms with van der Waals surface area (Å²) in [6, 6.07) is 22.1. The summed E-state index contributed by atoms with van der Waals surface area (Å²) in [6.07, 6.45) is 4.01. The van der Waals surface area contributed by atoms with Crippen LogP contribution in [0.4, 0.5) is 0 Å². The van der Waals surface area contributed by atoms with Gasteiger partial charge in [-0.2, -0.15) is 0 Å². The molecule has 3 aromatic rings. The van der Waals surface area contributed by atoms with E-state index in [4.69, 9.17) is 4.74 Å². The Hall–Kier alpha value is -3.60. The van der Waals surface area contributed by atoms with Crippen LogP contribution in [0.1, 0.15) is 18.1 Å². The minimum atomic E-state index is -0.303. The van der Waals surface area contributed by atoms with Gasteiger partial charge in [-0.1, -0.05) is 48.5 Å². The van der Waals surface area contributed by atoms with E-state index in [9.17, 15) is 9.59 Å². The molecule has 0 spiro atoms. The number of nitrogens with one attached hydrogen (secondary N) is 1. The van der Waals surface area contributed by atoms with Gasteiger partial charge < -0.3 is 10.1 Å². The van der Waals surface area contributed by atoms with Gasteiger partial charge in [0.2, 0.25) is 0 Å². The highest BCUT2D eigenvalue weighted by Crippen LogP contribution is 2.16. The zero-order valence-electron chi connectivity index (χ0n) is 16.4. The van der Waals surface area contributed by atoms with Crippen LogP contribution in [0.2, 0.25) is 0 Å². The van der Waals surface area contributed by atoms with Gasteiger partial charge in [-0.25, -0.2) is 0 Å². The number of amides is 1. The summed E-state index contributed by atoms with van der Waals surface area (Å²) in [6.45, 7) is 2.99. The lowest BCUT2D eigenvalue weighted by atomic mass is 10.1. The molecule has 0 saturated heterocycles. The Bertz CT molecular complexity index is 1020. The SMILES string of the molecule is CCOc1ccc(C=C(C(=O)NCCc2ccccc2)n2ccccc2=O)cc1. The molecule has 0 aliphatic rings. The van der Waals surface area contributed by atoms with Gasteiger partial charge in [-0.3, -0.25) is 14.2 Å². The number of ether oxygens (including phenoxy) is 1. The van der Waals surface area contributed by atoms with Crippen LogP contribution >= 0.6 is 0 Å². The van der Waals surface area contributed by atoms with Crippen LogP contribution in [0, 0.1) is 0 Å². The number of hydrogen-bond acceptors (Lipinski definition) is 3. The molecular weight excluding hydrogens is 364 g/mol. The summed E-state index contributed by atoms with van der Waals surface area (Å²) in [7, 11) is 0. The van der Waals surface area contributed by atoms with Gasteiger partial charge in [0.25, 0.3) is 11.5 Å². The molecule has 0 bridgehead atoms. The smallest absolute Gasteiger partial charge is 0.268 e. The Kier molecular flexibility index (Phi) is 7.00. The third kappa shape index (κ3) is 5.69. The number of carbonyl (C=O) groups excluding carboxylic acids is 1. The Balaban J connectivity index is 1.82. The summed E-state index contributed by atoms with van der Waals surface area (Å²) in [4.78, 5) is 25.2. The first-order valence-electron chi connectivity index (χ1n) is 9.62. The maximum absolute atomic E-state index is 12.9. The first kappa shape index (κ1) is 20.1. The molecule has 1 N–H and O–H groups in total. The fourth-order valence-electron chi connectivity index (χ4n) is 2.91. The largest absolute Gasteiger partial charge is 0.494 e. The Morgan fingerprint density at radius 3 is 2.41 bits per heavy atom. The summed E-state index contributed by atoms with van der Waals surface area (Å²) in [5, 5.41) is 2.92. The quantitative estimate of drug-likeness (QED) is 0.600. The monoisotopic (exact) mass is 388 g/mol. The van der Waals surface area contributed by atoms with Gasteiger partial charge in [0, 0.05) is 18.8 Å². The van der Waals surface area contributed by atoms with Crippen molar-refractivity contribution in [1.82, 2.24) is 9.88 Å². The average molecular weight is 388 g/mol. The molecule has 0 atom stereocenters. The number of benzene rings is 2. The number of carbonyl (C=O) groups is 1. The molecule has 0 radical (unpaired) electrons. The van der Waals surface area contributed by atoms with Crippen LogP contribution in [0.5, 0.6) is 5.75 Å². The highest BCUT2D eigenvalue weighted by molar-refractivity contribution is 6.18. The molecule has 5 nitrogen and oxygen atoms in total. The first-order chi connectivity index (χ1) is 14.2. The molecule has 0 aliphatic carbocycles. The van der Waals surface area contributed by atoms with E-state index in [2.05, 4.69) is 5.32 Å². The van der Waals surface area contributed by atoms with Gasteiger partial charge in [0.15, 0.2) is 0 Å². The summed E-state index contributed by atoms with van der Waals surface area (Å²) in [5.74, 6) is 0.457. The van der Waals surface area contributed by atoms with E-state index in [1.54, 1.807) is 24.4 Å². The lowest BCUT2D eigenvalue weighted by molar-refractivity contribution is -0.115. The van der Waals surface area contributed by atoms with Crippen molar-refractivity contribution in [2.75, 3.05) is 13.2 Å². The molecule has 0 saturated carbocycles. The minimum Gasteiger partial charge on any atom is -0.494 e. The van der Waals surface area contributed by atoms with Crippen LogP contribution in [0.25, 0.3) is 11.8 Å². The number of pyridine rings is 1. The number of hydrogen-bond donors (Lipinski definition) is 1. The predicted octanol–water partition coefficient (Wildman–Crippen LogP) is 3.60. The third-order valence-electron chi connectivity index (χ3n) is 4.35. The van der Waals surface area contributed by atoms with E-state index in [-0.39, 0.29) is 17.2 Å². The maximum atomic E-state index is 12.9. The molecule has 0 unspecified atom stereocenters. The van der Waals surface area contributed by atoms with E-state index < -0.39 is 0 Å². The van der Waals surface area contributed by atoms with Gasteiger partial charge in [0.05, 0.1) is 6.61 Å². The van der Waals surface area contributed by atoms with Crippen molar-refractivity contribution < 1.29 is 9.53 Å². The lowest BCUT2D eigenvalue weighted by Crippen LogP contribution is -2.31. The molecule has 5 heteroatoms. The number of aromatic nitrogens is 1. The van der Waals surface area contributed by atoms with Crippen LogP contribution in [0.15, 0.2) is 83.8 Å². The summed E-state index contributed by atoms with van der Waals surface area (Å²) < 4.78 is 6.81. The molecule has 2 aromatic carbocycles. The second kappa shape index (κ2) is 10.1. The van der Waals surface area contributed by atoms with Crippen LogP contribution in [-0.4, -0.2) is 23.6 Å². The second-order valence-electron chi connectivity index (χ2n) is 6.43.